The zero-order chi connectivity index (χ0) is 49.9. The number of unbranched alkanes of at least 4 members (excludes halogenated alkanes) is 2. The highest BCUT2D eigenvalue weighted by Crippen LogP contribution is 2.48. The standard InChI is InChI=1S/C67H58BN5/c1-6-8-18-46-32-43(3)34-52(37-46)71-62-26-16-12-22-57(62)68-58-23-13-17-27-63(58)73(64-35-44(4)33-48(45(64)5)19-9-7-2)66-40-50(39-65(71)67(66)68)49-29-31-61-56(38-49)55-21-11-15-25-60(55)72(61)59-24-14-10-20-54(59)53-30-28-47(41-69)36-51(53)42-70/h10-17,20-40,45,48H,6-9,18-19H2,1-5H3. The molecule has 0 amide bonds. The van der Waals surface area contributed by atoms with Crippen LogP contribution in [0.15, 0.2) is 187 Å². The van der Waals surface area contributed by atoms with Crippen molar-refractivity contribution in [3.05, 3.63) is 209 Å². The first-order valence-electron chi connectivity index (χ1n) is 26.3. The third-order valence-electron chi connectivity index (χ3n) is 15.9. The van der Waals surface area contributed by atoms with E-state index in [2.05, 4.69) is 213 Å². The number of aryl methyl sites for hydroxylation is 2. The minimum Gasteiger partial charge on any atom is -0.315 e. The molecule has 2 atom stereocenters. The van der Waals surface area contributed by atoms with Crippen LogP contribution in [0.3, 0.4) is 0 Å². The van der Waals surface area contributed by atoms with Gasteiger partial charge in [-0.25, -0.2) is 0 Å². The van der Waals surface area contributed by atoms with E-state index in [-0.39, 0.29) is 6.71 Å². The first-order chi connectivity index (χ1) is 35.8. The van der Waals surface area contributed by atoms with Gasteiger partial charge in [-0.2, -0.15) is 10.5 Å². The molecule has 0 radical (unpaired) electrons. The monoisotopic (exact) mass is 943 g/mol. The van der Waals surface area contributed by atoms with Crippen molar-refractivity contribution in [2.75, 3.05) is 9.80 Å². The first-order valence-corrected chi connectivity index (χ1v) is 26.3. The van der Waals surface area contributed by atoms with Gasteiger partial charge in [0.25, 0.3) is 6.71 Å². The molecule has 0 saturated heterocycles. The molecule has 3 heterocycles. The van der Waals surface area contributed by atoms with Crippen LogP contribution < -0.4 is 26.2 Å². The van der Waals surface area contributed by atoms with Crippen LogP contribution in [0.1, 0.15) is 82.1 Å². The van der Waals surface area contributed by atoms with Crippen molar-refractivity contribution in [2.45, 2.75) is 73.1 Å². The Hall–Kier alpha value is -8.32. The number of para-hydroxylation sites is 4. The van der Waals surface area contributed by atoms with Crippen LogP contribution in [-0.2, 0) is 6.42 Å². The number of hydrogen-bond donors (Lipinski definition) is 0. The molecule has 354 valence electrons. The second-order valence-electron chi connectivity index (χ2n) is 20.6. The Morgan fingerprint density at radius 1 is 0.575 bits per heavy atom. The highest BCUT2D eigenvalue weighted by Gasteiger charge is 2.45. The molecule has 9 aromatic rings. The number of nitriles is 2. The lowest BCUT2D eigenvalue weighted by Crippen LogP contribution is -2.62. The molecule has 2 aliphatic heterocycles. The number of fused-ring (bicyclic) bond motifs is 7. The first kappa shape index (κ1) is 45.8. The Kier molecular flexibility index (Phi) is 11.7. The van der Waals surface area contributed by atoms with Crippen molar-refractivity contribution in [3.8, 4) is 40.1 Å². The molecule has 1 aromatic heterocycles. The van der Waals surface area contributed by atoms with E-state index in [1.165, 1.54) is 86.5 Å². The molecular formula is C67H58BN5. The summed E-state index contributed by atoms with van der Waals surface area (Å²) in [5.74, 6) is 0.756. The zero-order valence-electron chi connectivity index (χ0n) is 42.5. The topological polar surface area (TPSA) is 59.0 Å². The molecule has 73 heavy (non-hydrogen) atoms. The maximum Gasteiger partial charge on any atom is 0.252 e. The van der Waals surface area contributed by atoms with Crippen LogP contribution in [0, 0.1) is 41.4 Å². The summed E-state index contributed by atoms with van der Waals surface area (Å²) in [4.78, 5) is 5.24. The smallest absolute Gasteiger partial charge is 0.252 e. The van der Waals surface area contributed by atoms with Gasteiger partial charge in [0.2, 0.25) is 0 Å². The summed E-state index contributed by atoms with van der Waals surface area (Å²) in [6.07, 6.45) is 11.9. The van der Waals surface area contributed by atoms with Gasteiger partial charge in [0.15, 0.2) is 0 Å². The lowest BCUT2D eigenvalue weighted by atomic mass is 9.33. The van der Waals surface area contributed by atoms with Gasteiger partial charge in [0, 0.05) is 62.0 Å². The van der Waals surface area contributed by atoms with E-state index in [0.29, 0.717) is 23.0 Å². The zero-order valence-corrected chi connectivity index (χ0v) is 42.5. The number of benzene rings is 8. The maximum atomic E-state index is 10.3. The lowest BCUT2D eigenvalue weighted by Gasteiger charge is -2.46. The van der Waals surface area contributed by atoms with Crippen molar-refractivity contribution in [2.24, 2.45) is 11.8 Å². The predicted octanol–water partition coefficient (Wildman–Crippen LogP) is 15.5. The molecular weight excluding hydrogens is 886 g/mol. The maximum absolute atomic E-state index is 10.3. The molecule has 6 heteroatoms. The van der Waals surface area contributed by atoms with Crippen LogP contribution in [0.25, 0.3) is 49.7 Å². The normalized spacial score (nSPS) is 15.6. The van der Waals surface area contributed by atoms with Gasteiger partial charge < -0.3 is 14.4 Å². The quantitative estimate of drug-likeness (QED) is 0.121. The number of aromatic nitrogens is 1. The summed E-state index contributed by atoms with van der Waals surface area (Å²) in [7, 11) is 0. The van der Waals surface area contributed by atoms with Crippen LogP contribution >= 0.6 is 0 Å². The number of rotatable bonds is 11. The number of anilines is 5. The lowest BCUT2D eigenvalue weighted by molar-refractivity contribution is 0.429. The summed E-state index contributed by atoms with van der Waals surface area (Å²) in [5.41, 5.74) is 23.6. The Morgan fingerprint density at radius 2 is 1.26 bits per heavy atom. The van der Waals surface area contributed by atoms with Crippen LogP contribution in [0.4, 0.5) is 28.4 Å². The Bertz CT molecular complexity index is 3840. The van der Waals surface area contributed by atoms with E-state index in [1.54, 1.807) is 12.1 Å². The molecule has 2 unspecified atom stereocenters. The molecule has 0 spiro atoms. The molecule has 5 nitrogen and oxygen atoms in total. The summed E-state index contributed by atoms with van der Waals surface area (Å²) in [6.45, 7) is 11.6. The van der Waals surface area contributed by atoms with Crippen LogP contribution in [0.2, 0.25) is 0 Å². The van der Waals surface area contributed by atoms with E-state index in [1.807, 2.05) is 12.1 Å². The van der Waals surface area contributed by atoms with Gasteiger partial charge >= 0.3 is 0 Å². The summed E-state index contributed by atoms with van der Waals surface area (Å²) in [5, 5.41) is 22.4. The predicted molar refractivity (Wildman–Crippen MR) is 306 cm³/mol. The van der Waals surface area contributed by atoms with Crippen molar-refractivity contribution < 1.29 is 0 Å². The molecule has 1 aliphatic carbocycles. The van der Waals surface area contributed by atoms with Crippen molar-refractivity contribution in [1.82, 2.24) is 4.57 Å². The Morgan fingerprint density at radius 3 is 2.01 bits per heavy atom. The Balaban J connectivity index is 1.12. The third kappa shape index (κ3) is 7.68. The Labute approximate surface area is 430 Å². The van der Waals surface area contributed by atoms with Gasteiger partial charge in [-0.05, 0) is 157 Å². The SMILES string of the molecule is CCCCc1cc(C)cc(N2c3ccccc3B3c4ccccc4N(C4=CC(C)=CC(CCCC)C4C)c4cc(-c5ccc6c(c5)c5ccccc5n6-c5ccccc5-c5ccc(C#N)cc5C#N)cc2c43)c1. The highest BCUT2D eigenvalue weighted by atomic mass is 15.2. The molecule has 3 aliphatic rings. The van der Waals surface area contributed by atoms with Crippen LogP contribution in [0.5, 0.6) is 0 Å². The van der Waals surface area contributed by atoms with E-state index in [4.69, 9.17) is 0 Å². The highest BCUT2D eigenvalue weighted by molar-refractivity contribution is 7.00. The van der Waals surface area contributed by atoms with Crippen molar-refractivity contribution >= 4 is 73.3 Å². The summed E-state index contributed by atoms with van der Waals surface area (Å²) >= 11 is 0. The van der Waals surface area contributed by atoms with Gasteiger partial charge in [-0.15, -0.1) is 0 Å². The molecule has 0 N–H and O–H groups in total. The minimum atomic E-state index is 0.0357. The average Bonchev–Trinajstić information content (AvgIpc) is 3.75. The molecule has 0 fully saturated rings. The second kappa shape index (κ2) is 18.7. The number of hydrogen-bond acceptors (Lipinski definition) is 4. The van der Waals surface area contributed by atoms with Gasteiger partial charge in [0.1, 0.15) is 0 Å². The van der Waals surface area contributed by atoms with Gasteiger partial charge in [-0.3, -0.25) is 0 Å². The summed E-state index contributed by atoms with van der Waals surface area (Å²) in [6, 6.07) is 64.5. The average molecular weight is 944 g/mol. The fourth-order valence-electron chi connectivity index (χ4n) is 12.5. The molecule has 0 bridgehead atoms. The molecule has 8 aromatic carbocycles. The van der Waals surface area contributed by atoms with Gasteiger partial charge in [-0.1, -0.05) is 143 Å². The van der Waals surface area contributed by atoms with Crippen molar-refractivity contribution in [1.29, 1.82) is 10.5 Å². The number of nitrogens with zero attached hydrogens (tertiary/aromatic N) is 5. The second-order valence-corrected chi connectivity index (χ2v) is 20.6. The largest absolute Gasteiger partial charge is 0.315 e. The number of allylic oxidation sites excluding steroid dienone is 4. The van der Waals surface area contributed by atoms with Gasteiger partial charge in [0.05, 0.1) is 40.0 Å². The van der Waals surface area contributed by atoms with E-state index in [9.17, 15) is 10.5 Å². The molecule has 12 rings (SSSR count). The van der Waals surface area contributed by atoms with E-state index < -0.39 is 0 Å². The van der Waals surface area contributed by atoms with Crippen molar-refractivity contribution in [3.63, 3.8) is 0 Å². The fourth-order valence-corrected chi connectivity index (χ4v) is 12.5. The molecule has 0 saturated carbocycles. The van der Waals surface area contributed by atoms with E-state index >= 15 is 0 Å². The third-order valence-corrected chi connectivity index (χ3v) is 15.9. The summed E-state index contributed by atoms with van der Waals surface area (Å²) < 4.78 is 2.34. The van der Waals surface area contributed by atoms with E-state index in [0.717, 1.165) is 69.0 Å². The minimum absolute atomic E-state index is 0.0357. The van der Waals surface area contributed by atoms with Crippen LogP contribution in [-0.4, -0.2) is 11.3 Å². The fraction of sp³-hybridized carbons (Fsp3) is 0.194.